The molecule has 1 heterocycles. The van der Waals surface area contributed by atoms with Crippen molar-refractivity contribution in [1.82, 2.24) is 5.32 Å². The number of hydrogen-bond donors (Lipinski definition) is 1. The van der Waals surface area contributed by atoms with Gasteiger partial charge in [-0.25, -0.2) is 0 Å². The van der Waals surface area contributed by atoms with Gasteiger partial charge in [0.1, 0.15) is 0 Å². The summed E-state index contributed by atoms with van der Waals surface area (Å²) in [5.41, 5.74) is 2.42. The van der Waals surface area contributed by atoms with E-state index in [1.54, 1.807) is 0 Å². The number of benzene rings is 1. The molecule has 104 valence electrons. The van der Waals surface area contributed by atoms with Crippen molar-refractivity contribution in [3.63, 3.8) is 0 Å². The van der Waals surface area contributed by atoms with Crippen LogP contribution in [0.5, 0.6) is 0 Å². The van der Waals surface area contributed by atoms with Crippen LogP contribution in [0.2, 0.25) is 0 Å². The number of aryl methyl sites for hydroxylation is 1. The first-order chi connectivity index (χ1) is 9.22. The molecule has 1 aromatic rings. The van der Waals surface area contributed by atoms with Crippen LogP contribution in [-0.2, 0) is 4.74 Å². The molecule has 1 aliphatic rings. The number of hydrogen-bond acceptors (Lipinski definition) is 2. The summed E-state index contributed by atoms with van der Waals surface area (Å²) in [7, 11) is 0. The first kappa shape index (κ1) is 14.3. The fourth-order valence-corrected chi connectivity index (χ4v) is 2.70. The lowest BCUT2D eigenvalue weighted by Gasteiger charge is -2.26. The Morgan fingerprint density at radius 3 is 2.89 bits per heavy atom. The van der Waals surface area contributed by atoms with Crippen LogP contribution >= 0.6 is 12.2 Å². The lowest BCUT2D eigenvalue weighted by molar-refractivity contribution is 0.114. The Balaban J connectivity index is 1.96. The maximum absolute atomic E-state index is 5.61. The highest BCUT2D eigenvalue weighted by Gasteiger charge is 2.17. The largest absolute Gasteiger partial charge is 0.376 e. The van der Waals surface area contributed by atoms with Crippen molar-refractivity contribution in [2.45, 2.75) is 32.8 Å². The van der Waals surface area contributed by atoms with Crippen LogP contribution in [0, 0.1) is 6.92 Å². The highest BCUT2D eigenvalue weighted by Crippen LogP contribution is 2.19. The van der Waals surface area contributed by atoms with E-state index in [0.717, 1.165) is 37.7 Å². The molecule has 0 aliphatic carbocycles. The quantitative estimate of drug-likeness (QED) is 0.856. The molecule has 19 heavy (non-hydrogen) atoms. The van der Waals surface area contributed by atoms with E-state index in [1.807, 2.05) is 6.07 Å². The maximum atomic E-state index is 5.61. The van der Waals surface area contributed by atoms with Crippen molar-refractivity contribution in [2.75, 3.05) is 24.6 Å². The van der Waals surface area contributed by atoms with E-state index in [0.29, 0.717) is 6.10 Å². The Morgan fingerprint density at radius 2 is 2.26 bits per heavy atom. The van der Waals surface area contributed by atoms with E-state index in [-0.39, 0.29) is 0 Å². The lowest BCUT2D eigenvalue weighted by Crippen LogP contribution is -2.43. The number of anilines is 1. The van der Waals surface area contributed by atoms with Crippen molar-refractivity contribution in [1.29, 1.82) is 0 Å². The minimum absolute atomic E-state index is 0.313. The molecule has 1 aromatic carbocycles. The summed E-state index contributed by atoms with van der Waals surface area (Å²) in [6.07, 6.45) is 2.61. The minimum atomic E-state index is 0.313. The monoisotopic (exact) mass is 278 g/mol. The zero-order chi connectivity index (χ0) is 13.7. The molecule has 0 spiro atoms. The summed E-state index contributed by atoms with van der Waals surface area (Å²) < 4.78 is 5.61. The highest BCUT2D eigenvalue weighted by molar-refractivity contribution is 7.80. The van der Waals surface area contributed by atoms with Gasteiger partial charge in [0.15, 0.2) is 5.11 Å². The summed E-state index contributed by atoms with van der Waals surface area (Å²) >= 11 is 5.51. The van der Waals surface area contributed by atoms with Gasteiger partial charge in [-0.2, -0.15) is 0 Å². The number of para-hydroxylation sites is 1. The standard InChI is InChI=1S/C15H22N2OS/c1-3-17(14-9-5-4-7-12(14)2)15(19)16-11-13-8-6-10-18-13/h4-5,7,9,13H,3,6,8,10-11H2,1-2H3,(H,16,19)/t13-/m1/s1. The minimum Gasteiger partial charge on any atom is -0.376 e. The van der Waals surface area contributed by atoms with Crippen molar-refractivity contribution < 1.29 is 4.74 Å². The second kappa shape index (κ2) is 6.87. The molecule has 0 unspecified atom stereocenters. The van der Waals surface area contributed by atoms with Crippen molar-refractivity contribution in [2.24, 2.45) is 0 Å². The van der Waals surface area contributed by atoms with Gasteiger partial charge >= 0.3 is 0 Å². The third kappa shape index (κ3) is 3.67. The van der Waals surface area contributed by atoms with Gasteiger partial charge in [0.05, 0.1) is 6.10 Å². The molecule has 0 bridgehead atoms. The molecule has 1 N–H and O–H groups in total. The molecule has 0 aromatic heterocycles. The van der Waals surface area contributed by atoms with Gasteiger partial charge < -0.3 is 15.0 Å². The van der Waals surface area contributed by atoms with Crippen molar-refractivity contribution >= 4 is 23.0 Å². The molecule has 0 radical (unpaired) electrons. The third-order valence-electron chi connectivity index (χ3n) is 3.47. The summed E-state index contributed by atoms with van der Waals surface area (Å²) in [5.74, 6) is 0. The zero-order valence-electron chi connectivity index (χ0n) is 11.7. The van der Waals surface area contributed by atoms with Gasteiger partial charge in [0.25, 0.3) is 0 Å². The normalized spacial score (nSPS) is 18.3. The fourth-order valence-electron chi connectivity index (χ4n) is 2.39. The van der Waals surface area contributed by atoms with Crippen LogP contribution < -0.4 is 10.2 Å². The Hall–Kier alpha value is -1.13. The van der Waals surface area contributed by atoms with Crippen LogP contribution in [0.4, 0.5) is 5.69 Å². The molecule has 1 fully saturated rings. The molecular formula is C15H22N2OS. The summed E-state index contributed by atoms with van der Waals surface area (Å²) in [6, 6.07) is 8.32. The summed E-state index contributed by atoms with van der Waals surface area (Å²) in [6.45, 7) is 6.78. The lowest BCUT2D eigenvalue weighted by atomic mass is 10.2. The van der Waals surface area contributed by atoms with Crippen molar-refractivity contribution in [3.05, 3.63) is 29.8 Å². The van der Waals surface area contributed by atoms with Gasteiger partial charge in [-0.3, -0.25) is 0 Å². The Kier molecular flexibility index (Phi) is 5.16. The smallest absolute Gasteiger partial charge is 0.173 e. The van der Waals surface area contributed by atoms with Crippen LogP contribution in [0.25, 0.3) is 0 Å². The first-order valence-electron chi connectivity index (χ1n) is 6.95. The summed E-state index contributed by atoms with van der Waals surface area (Å²) in [5, 5.41) is 4.12. The number of thiocarbonyl (C=S) groups is 1. The molecule has 0 saturated carbocycles. The predicted octanol–water partition coefficient (Wildman–Crippen LogP) is 2.87. The molecule has 1 atom stereocenters. The van der Waals surface area contributed by atoms with Gasteiger partial charge in [0.2, 0.25) is 0 Å². The molecule has 2 rings (SSSR count). The SMILES string of the molecule is CCN(C(=S)NC[C@H]1CCCO1)c1ccccc1C. The molecule has 3 nitrogen and oxygen atoms in total. The van der Waals surface area contributed by atoms with Crippen LogP contribution in [0.3, 0.4) is 0 Å². The van der Waals surface area contributed by atoms with Crippen LogP contribution in [-0.4, -0.2) is 30.9 Å². The Labute approximate surface area is 120 Å². The van der Waals surface area contributed by atoms with E-state index < -0.39 is 0 Å². The van der Waals surface area contributed by atoms with Gasteiger partial charge in [0, 0.05) is 25.4 Å². The van der Waals surface area contributed by atoms with E-state index in [1.165, 1.54) is 11.3 Å². The number of nitrogens with one attached hydrogen (secondary N) is 1. The topological polar surface area (TPSA) is 24.5 Å². The molecule has 1 aliphatic heterocycles. The second-order valence-electron chi connectivity index (χ2n) is 4.85. The number of ether oxygens (including phenoxy) is 1. The molecular weight excluding hydrogens is 256 g/mol. The maximum Gasteiger partial charge on any atom is 0.173 e. The van der Waals surface area contributed by atoms with E-state index in [4.69, 9.17) is 17.0 Å². The van der Waals surface area contributed by atoms with Gasteiger partial charge in [-0.15, -0.1) is 0 Å². The molecule has 4 heteroatoms. The molecule has 0 amide bonds. The van der Waals surface area contributed by atoms with Crippen LogP contribution in [0.1, 0.15) is 25.3 Å². The van der Waals surface area contributed by atoms with E-state index in [2.05, 4.69) is 42.3 Å². The average Bonchev–Trinajstić information content (AvgIpc) is 2.92. The number of rotatable bonds is 4. The average molecular weight is 278 g/mol. The summed E-state index contributed by atoms with van der Waals surface area (Å²) in [4.78, 5) is 2.14. The van der Waals surface area contributed by atoms with E-state index >= 15 is 0 Å². The third-order valence-corrected chi connectivity index (χ3v) is 3.84. The second-order valence-corrected chi connectivity index (χ2v) is 5.24. The predicted molar refractivity (Wildman–Crippen MR) is 83.8 cm³/mol. The number of nitrogens with zero attached hydrogens (tertiary/aromatic N) is 1. The fraction of sp³-hybridized carbons (Fsp3) is 0.533. The van der Waals surface area contributed by atoms with E-state index in [9.17, 15) is 0 Å². The van der Waals surface area contributed by atoms with Gasteiger partial charge in [-0.1, -0.05) is 18.2 Å². The Morgan fingerprint density at radius 1 is 1.47 bits per heavy atom. The van der Waals surface area contributed by atoms with Gasteiger partial charge in [-0.05, 0) is 50.5 Å². The first-order valence-corrected chi connectivity index (χ1v) is 7.35. The zero-order valence-corrected chi connectivity index (χ0v) is 12.5. The van der Waals surface area contributed by atoms with Crippen molar-refractivity contribution in [3.8, 4) is 0 Å². The van der Waals surface area contributed by atoms with Crippen LogP contribution in [0.15, 0.2) is 24.3 Å². The highest BCUT2D eigenvalue weighted by atomic mass is 32.1. The molecule has 1 saturated heterocycles. The Bertz CT molecular complexity index is 430.